The first-order valence-corrected chi connectivity index (χ1v) is 10.6. The van der Waals surface area contributed by atoms with E-state index in [9.17, 15) is 9.59 Å². The van der Waals surface area contributed by atoms with Crippen LogP contribution in [0, 0.1) is 0 Å². The Morgan fingerprint density at radius 1 is 1.23 bits per heavy atom. The first kappa shape index (κ1) is 20.1. The summed E-state index contributed by atoms with van der Waals surface area (Å²) in [6, 6.07) is 12.0. The molecule has 0 aliphatic carbocycles. The van der Waals surface area contributed by atoms with Crippen LogP contribution in [0.4, 0.5) is 0 Å². The number of benzene rings is 1. The molecule has 6 nitrogen and oxygen atoms in total. The number of ketones is 1. The number of aromatic nitrogens is 2. The Morgan fingerprint density at radius 3 is 2.80 bits per heavy atom. The molecular weight excluding hydrogens is 378 g/mol. The Morgan fingerprint density at radius 2 is 2.07 bits per heavy atom. The number of carbonyl (C=O) groups is 2. The molecule has 4 rings (SSSR count). The number of Topliss-reactive ketones (excluding diaryl/α,β-unsaturated/α-hetero) is 1. The Kier molecular flexibility index (Phi) is 6.12. The van der Waals surface area contributed by atoms with Crippen molar-refractivity contribution in [3.63, 3.8) is 0 Å². The fraction of sp³-hybridized carbons (Fsp3) is 0.375. The molecule has 0 unspecified atom stereocenters. The maximum atomic E-state index is 13.3. The van der Waals surface area contributed by atoms with E-state index in [2.05, 4.69) is 33.9 Å². The van der Waals surface area contributed by atoms with Crippen molar-refractivity contribution in [2.24, 2.45) is 0 Å². The van der Waals surface area contributed by atoms with Crippen molar-refractivity contribution in [2.45, 2.75) is 58.0 Å². The fourth-order valence-corrected chi connectivity index (χ4v) is 4.25. The topological polar surface area (TPSA) is 77.1 Å². The van der Waals surface area contributed by atoms with Crippen LogP contribution in [0.5, 0.6) is 0 Å². The lowest BCUT2D eigenvalue weighted by Crippen LogP contribution is -2.24. The van der Waals surface area contributed by atoms with Crippen molar-refractivity contribution < 1.29 is 14.0 Å². The minimum atomic E-state index is -0.175. The Hall–Kier alpha value is -3.15. The highest BCUT2D eigenvalue weighted by Crippen LogP contribution is 2.29. The van der Waals surface area contributed by atoms with E-state index in [1.807, 2.05) is 18.2 Å². The zero-order valence-corrected chi connectivity index (χ0v) is 17.3. The standard InChI is InChI=1S/C24H27N3O3/c1-2-17(18-8-4-3-5-9-18)12-23(28)22-13-20(21-10-6-7-11-27(21)22)24(29)26-15-19-14-25-16-30-19/h3-5,8-9,13-14,16-17H,2,6-7,10-12,15H2,1H3,(H,26,29)/t17-/m0/s1. The molecule has 1 N–H and O–H groups in total. The predicted octanol–water partition coefficient (Wildman–Crippen LogP) is 4.51. The Bertz CT molecular complexity index is 1010. The molecule has 0 fully saturated rings. The predicted molar refractivity (Wildman–Crippen MR) is 113 cm³/mol. The summed E-state index contributed by atoms with van der Waals surface area (Å²) in [6.07, 6.45) is 7.14. The van der Waals surface area contributed by atoms with E-state index < -0.39 is 0 Å². The lowest BCUT2D eigenvalue weighted by Gasteiger charge is -2.20. The van der Waals surface area contributed by atoms with Gasteiger partial charge in [-0.1, -0.05) is 37.3 Å². The van der Waals surface area contributed by atoms with E-state index in [0.29, 0.717) is 23.4 Å². The highest BCUT2D eigenvalue weighted by Gasteiger charge is 2.26. The molecule has 1 aliphatic rings. The van der Waals surface area contributed by atoms with E-state index in [4.69, 9.17) is 4.42 Å². The van der Waals surface area contributed by atoms with Crippen molar-refractivity contribution in [2.75, 3.05) is 0 Å². The zero-order chi connectivity index (χ0) is 20.9. The summed E-state index contributed by atoms with van der Waals surface area (Å²) >= 11 is 0. The molecule has 1 amide bonds. The number of amides is 1. The minimum absolute atomic E-state index is 0.100. The fourth-order valence-electron chi connectivity index (χ4n) is 4.25. The maximum Gasteiger partial charge on any atom is 0.253 e. The second kappa shape index (κ2) is 9.11. The monoisotopic (exact) mass is 405 g/mol. The molecule has 1 aliphatic heterocycles. The van der Waals surface area contributed by atoms with E-state index >= 15 is 0 Å². The number of hydrogen-bond donors (Lipinski definition) is 1. The number of hydrogen-bond acceptors (Lipinski definition) is 4. The molecule has 1 aromatic carbocycles. The van der Waals surface area contributed by atoms with Gasteiger partial charge >= 0.3 is 0 Å². The number of nitrogens with zero attached hydrogens (tertiary/aromatic N) is 2. The van der Waals surface area contributed by atoms with Crippen LogP contribution in [0.15, 0.2) is 53.4 Å². The second-order valence-corrected chi connectivity index (χ2v) is 7.79. The van der Waals surface area contributed by atoms with Crippen molar-refractivity contribution in [3.8, 4) is 0 Å². The van der Waals surface area contributed by atoms with Gasteiger partial charge in [0.15, 0.2) is 12.2 Å². The van der Waals surface area contributed by atoms with Crippen LogP contribution < -0.4 is 5.32 Å². The van der Waals surface area contributed by atoms with Crippen LogP contribution in [0.25, 0.3) is 0 Å². The summed E-state index contributed by atoms with van der Waals surface area (Å²) in [5, 5.41) is 2.88. The zero-order valence-electron chi connectivity index (χ0n) is 17.3. The van der Waals surface area contributed by atoms with E-state index in [0.717, 1.165) is 37.9 Å². The molecular formula is C24H27N3O3. The molecule has 6 heteroatoms. The van der Waals surface area contributed by atoms with Crippen molar-refractivity contribution >= 4 is 11.7 Å². The molecule has 0 bridgehead atoms. The third-order valence-corrected chi connectivity index (χ3v) is 5.89. The average Bonchev–Trinajstić information content (AvgIpc) is 3.44. The lowest BCUT2D eigenvalue weighted by molar-refractivity contribution is 0.0944. The maximum absolute atomic E-state index is 13.3. The molecule has 0 saturated heterocycles. The smallest absolute Gasteiger partial charge is 0.253 e. The molecule has 0 saturated carbocycles. The van der Waals surface area contributed by atoms with Crippen LogP contribution in [0.3, 0.4) is 0 Å². The van der Waals surface area contributed by atoms with Crippen LogP contribution >= 0.6 is 0 Å². The van der Waals surface area contributed by atoms with Gasteiger partial charge in [0.1, 0.15) is 5.76 Å². The van der Waals surface area contributed by atoms with Crippen molar-refractivity contribution in [1.29, 1.82) is 0 Å². The van der Waals surface area contributed by atoms with Gasteiger partial charge in [0, 0.05) is 18.7 Å². The summed E-state index contributed by atoms with van der Waals surface area (Å²) in [5.41, 5.74) is 3.41. The first-order chi connectivity index (χ1) is 14.7. The van der Waals surface area contributed by atoms with Gasteiger partial charge in [-0.25, -0.2) is 4.98 Å². The minimum Gasteiger partial charge on any atom is -0.447 e. The largest absolute Gasteiger partial charge is 0.447 e. The third-order valence-electron chi connectivity index (χ3n) is 5.89. The molecule has 3 heterocycles. The van der Waals surface area contributed by atoms with Gasteiger partial charge in [-0.2, -0.15) is 0 Å². The van der Waals surface area contributed by atoms with E-state index in [1.165, 1.54) is 12.0 Å². The molecule has 0 radical (unpaired) electrons. The van der Waals surface area contributed by atoms with Crippen LogP contribution in [-0.2, 0) is 19.5 Å². The number of fused-ring (bicyclic) bond motifs is 1. The highest BCUT2D eigenvalue weighted by molar-refractivity contribution is 6.01. The van der Waals surface area contributed by atoms with Crippen LogP contribution in [-0.4, -0.2) is 21.2 Å². The molecule has 156 valence electrons. The number of rotatable bonds is 8. The first-order valence-electron chi connectivity index (χ1n) is 10.6. The summed E-state index contributed by atoms with van der Waals surface area (Å²) in [7, 11) is 0. The normalized spacial score (nSPS) is 14.2. The molecule has 30 heavy (non-hydrogen) atoms. The van der Waals surface area contributed by atoms with Crippen LogP contribution in [0.1, 0.15) is 76.4 Å². The SMILES string of the molecule is CC[C@@H](CC(=O)c1cc(C(=O)NCc2cnco2)c2n1CCCC2)c1ccccc1. The lowest BCUT2D eigenvalue weighted by atomic mass is 9.90. The summed E-state index contributed by atoms with van der Waals surface area (Å²) in [4.78, 5) is 30.0. The van der Waals surface area contributed by atoms with Gasteiger partial charge in [0.25, 0.3) is 5.91 Å². The molecule has 1 atom stereocenters. The number of carbonyl (C=O) groups excluding carboxylic acids is 2. The second-order valence-electron chi connectivity index (χ2n) is 7.79. The average molecular weight is 405 g/mol. The molecule has 3 aromatic rings. The van der Waals surface area contributed by atoms with Gasteiger partial charge in [-0.3, -0.25) is 9.59 Å². The van der Waals surface area contributed by atoms with Crippen molar-refractivity contribution in [1.82, 2.24) is 14.9 Å². The van der Waals surface area contributed by atoms with Crippen LogP contribution in [0.2, 0.25) is 0 Å². The van der Waals surface area contributed by atoms with E-state index in [1.54, 1.807) is 12.3 Å². The quantitative estimate of drug-likeness (QED) is 0.560. The molecule has 2 aromatic heterocycles. The summed E-state index contributed by atoms with van der Waals surface area (Å²) in [6.45, 7) is 3.17. The molecule has 0 spiro atoms. The Balaban J connectivity index is 1.55. The third kappa shape index (κ3) is 4.22. The van der Waals surface area contributed by atoms with Crippen molar-refractivity contribution in [3.05, 3.63) is 77.3 Å². The van der Waals surface area contributed by atoms with Gasteiger partial charge < -0.3 is 14.3 Å². The van der Waals surface area contributed by atoms with Gasteiger partial charge in [0.05, 0.1) is 24.0 Å². The summed E-state index contributed by atoms with van der Waals surface area (Å²) < 4.78 is 7.25. The number of nitrogens with one attached hydrogen (secondary N) is 1. The van der Waals surface area contributed by atoms with Gasteiger partial charge in [-0.15, -0.1) is 0 Å². The van der Waals surface area contributed by atoms with E-state index in [-0.39, 0.29) is 24.2 Å². The number of oxazole rings is 1. The summed E-state index contributed by atoms with van der Waals surface area (Å²) in [5.74, 6) is 0.702. The van der Waals surface area contributed by atoms with Gasteiger partial charge in [0.2, 0.25) is 0 Å². The van der Waals surface area contributed by atoms with Gasteiger partial charge in [-0.05, 0) is 43.2 Å². The highest BCUT2D eigenvalue weighted by atomic mass is 16.3. The Labute approximate surface area is 176 Å².